The lowest BCUT2D eigenvalue weighted by atomic mass is 10.1. The van der Waals surface area contributed by atoms with Crippen molar-refractivity contribution in [3.05, 3.63) is 55.9 Å². The van der Waals surface area contributed by atoms with E-state index in [0.29, 0.717) is 19.7 Å². The molecule has 0 bridgehead atoms. The summed E-state index contributed by atoms with van der Waals surface area (Å²) in [6.45, 7) is 1.88. The Morgan fingerprint density at radius 1 is 1.25 bits per heavy atom. The van der Waals surface area contributed by atoms with Crippen LogP contribution < -0.4 is 10.9 Å². The van der Waals surface area contributed by atoms with Crippen molar-refractivity contribution in [1.82, 2.24) is 10.9 Å². The van der Waals surface area contributed by atoms with E-state index < -0.39 is 0 Å². The van der Waals surface area contributed by atoms with Crippen molar-refractivity contribution in [3.63, 3.8) is 0 Å². The van der Waals surface area contributed by atoms with Gasteiger partial charge in [-0.3, -0.25) is 15.2 Å². The first-order valence-corrected chi connectivity index (χ1v) is 8.86. The number of hydrogen-bond donors (Lipinski definition) is 3. The molecule has 24 heavy (non-hydrogen) atoms. The number of benzene rings is 2. The van der Waals surface area contributed by atoms with Crippen molar-refractivity contribution < 1.29 is 9.90 Å². The van der Waals surface area contributed by atoms with Gasteiger partial charge in [0.25, 0.3) is 5.91 Å². The van der Waals surface area contributed by atoms with Crippen LogP contribution >= 0.6 is 43.5 Å². The molecular formula is C16H14Br2ClN3O2. The monoisotopic (exact) mass is 473 g/mol. The van der Waals surface area contributed by atoms with Gasteiger partial charge < -0.3 is 5.11 Å². The molecule has 0 saturated carbocycles. The molecule has 3 N–H and O–H groups in total. The highest BCUT2D eigenvalue weighted by Gasteiger charge is 2.11. The smallest absolute Gasteiger partial charge is 0.276 e. The lowest BCUT2D eigenvalue weighted by Gasteiger charge is -2.15. The van der Waals surface area contributed by atoms with Crippen LogP contribution in [0.4, 0.5) is 5.69 Å². The van der Waals surface area contributed by atoms with Crippen LogP contribution in [0.25, 0.3) is 0 Å². The maximum absolute atomic E-state index is 11.8. The van der Waals surface area contributed by atoms with Gasteiger partial charge in [-0.1, -0.05) is 11.6 Å². The molecule has 2 aromatic rings. The Morgan fingerprint density at radius 2 is 1.83 bits per heavy atom. The molecular weight excluding hydrogens is 461 g/mol. The van der Waals surface area contributed by atoms with Crippen LogP contribution in [-0.2, 0) is 4.79 Å². The third kappa shape index (κ3) is 5.31. The van der Waals surface area contributed by atoms with E-state index in [1.807, 2.05) is 6.92 Å². The maximum atomic E-state index is 11.8. The molecule has 0 spiro atoms. The molecule has 8 heteroatoms. The summed E-state index contributed by atoms with van der Waals surface area (Å²) in [5.74, 6) is -0.251. The zero-order chi connectivity index (χ0) is 17.7. The summed E-state index contributed by atoms with van der Waals surface area (Å²) < 4.78 is 1.13. The summed E-state index contributed by atoms with van der Waals surface area (Å²) in [4.78, 5) is 15.9. The van der Waals surface area contributed by atoms with E-state index in [4.69, 9.17) is 11.6 Å². The second-order valence-electron chi connectivity index (χ2n) is 4.92. The van der Waals surface area contributed by atoms with Crippen LogP contribution in [-0.4, -0.2) is 17.2 Å². The van der Waals surface area contributed by atoms with E-state index in [1.54, 1.807) is 36.4 Å². The average molecular weight is 476 g/mol. The van der Waals surface area contributed by atoms with Gasteiger partial charge in [0, 0.05) is 11.1 Å². The van der Waals surface area contributed by atoms with Gasteiger partial charge in [-0.15, -0.1) is 0 Å². The van der Waals surface area contributed by atoms with Crippen LogP contribution in [0.1, 0.15) is 18.5 Å². The topological polar surface area (TPSA) is 73.7 Å². The molecule has 0 aromatic heterocycles. The highest BCUT2D eigenvalue weighted by molar-refractivity contribution is 9.11. The predicted molar refractivity (Wildman–Crippen MR) is 103 cm³/mol. The molecule has 0 fully saturated rings. The summed E-state index contributed by atoms with van der Waals surface area (Å²) in [6.07, 6.45) is 1.19. The first-order chi connectivity index (χ1) is 11.4. The van der Waals surface area contributed by atoms with Crippen molar-refractivity contribution >= 4 is 61.3 Å². The first kappa shape index (κ1) is 18.9. The number of nitrogens with one attached hydrogen (secondary N) is 2. The number of phenolic OH excluding ortho intramolecular Hbond substituents is 1. The van der Waals surface area contributed by atoms with Gasteiger partial charge in [-0.05, 0) is 80.7 Å². The zero-order valence-corrected chi connectivity index (χ0v) is 16.5. The molecule has 1 unspecified atom stereocenters. The fourth-order valence-corrected chi connectivity index (χ4v) is 3.14. The van der Waals surface area contributed by atoms with Gasteiger partial charge in [-0.25, -0.2) is 5.43 Å². The van der Waals surface area contributed by atoms with Crippen molar-refractivity contribution in [2.45, 2.75) is 13.0 Å². The first-order valence-electron chi connectivity index (χ1n) is 6.90. The van der Waals surface area contributed by atoms with E-state index in [9.17, 15) is 9.90 Å². The van der Waals surface area contributed by atoms with Crippen LogP contribution in [0, 0.1) is 0 Å². The van der Waals surface area contributed by atoms with E-state index in [1.165, 1.54) is 6.21 Å². The summed E-state index contributed by atoms with van der Waals surface area (Å²) in [5, 5.41) is 10.3. The normalized spacial score (nSPS) is 12.3. The number of rotatable bonds is 5. The molecule has 126 valence electrons. The Morgan fingerprint density at radius 3 is 2.42 bits per heavy atom. The SMILES string of the molecule is CC(NNC(=O)C=Nc1ccc(Cl)cc1)c1cc(Br)c(O)c(Br)c1. The number of aromatic hydroxyl groups is 1. The highest BCUT2D eigenvalue weighted by atomic mass is 79.9. The van der Waals surface area contributed by atoms with E-state index >= 15 is 0 Å². The lowest BCUT2D eigenvalue weighted by Crippen LogP contribution is -2.39. The highest BCUT2D eigenvalue weighted by Crippen LogP contribution is 2.34. The molecule has 0 radical (unpaired) electrons. The molecule has 0 aliphatic carbocycles. The third-order valence-electron chi connectivity index (χ3n) is 3.11. The number of amides is 1. The molecule has 0 aliphatic heterocycles. The molecule has 1 amide bonds. The number of nitrogens with zero attached hydrogens (tertiary/aromatic N) is 1. The largest absolute Gasteiger partial charge is 0.506 e. The predicted octanol–water partition coefficient (Wildman–Crippen LogP) is 4.65. The Labute approximate surface area is 161 Å². The summed E-state index contributed by atoms with van der Waals surface area (Å²) in [7, 11) is 0. The molecule has 2 rings (SSSR count). The number of hydrogen-bond acceptors (Lipinski definition) is 4. The second-order valence-corrected chi connectivity index (χ2v) is 7.07. The molecule has 5 nitrogen and oxygen atoms in total. The average Bonchev–Trinajstić information content (AvgIpc) is 2.56. The number of carbonyl (C=O) groups is 1. The zero-order valence-electron chi connectivity index (χ0n) is 12.6. The van der Waals surface area contributed by atoms with Crippen LogP contribution in [0.3, 0.4) is 0 Å². The molecule has 2 aromatic carbocycles. The Hall–Kier alpha value is -1.41. The van der Waals surface area contributed by atoms with E-state index in [2.05, 4.69) is 47.7 Å². The van der Waals surface area contributed by atoms with Crippen molar-refractivity contribution in [3.8, 4) is 5.75 Å². The number of halogens is 3. The Kier molecular flexibility index (Phi) is 6.79. The maximum Gasteiger partial charge on any atom is 0.276 e. The summed E-state index contributed by atoms with van der Waals surface area (Å²) in [6, 6.07) is 10.2. The standard InChI is InChI=1S/C16H14Br2ClN3O2/c1-9(10-6-13(17)16(24)14(18)7-10)21-22-15(23)8-20-12-4-2-11(19)3-5-12/h2-9,21,24H,1H3,(H,22,23). The molecule has 0 aliphatic rings. The van der Waals surface area contributed by atoms with Gasteiger partial charge in [0.2, 0.25) is 0 Å². The minimum Gasteiger partial charge on any atom is -0.506 e. The van der Waals surface area contributed by atoms with Gasteiger partial charge in [-0.2, -0.15) is 0 Å². The van der Waals surface area contributed by atoms with Gasteiger partial charge in [0.1, 0.15) is 5.75 Å². The van der Waals surface area contributed by atoms with E-state index in [0.717, 1.165) is 5.56 Å². The summed E-state index contributed by atoms with van der Waals surface area (Å²) >= 11 is 12.3. The van der Waals surface area contributed by atoms with Crippen LogP contribution in [0.2, 0.25) is 5.02 Å². The number of hydrazine groups is 1. The molecule has 0 saturated heterocycles. The summed E-state index contributed by atoms with van der Waals surface area (Å²) in [5.41, 5.74) is 6.95. The van der Waals surface area contributed by atoms with Gasteiger partial charge in [0.05, 0.1) is 20.8 Å². The van der Waals surface area contributed by atoms with Crippen molar-refractivity contribution in [1.29, 1.82) is 0 Å². The Bertz CT molecular complexity index is 743. The fraction of sp³-hybridized carbons (Fsp3) is 0.125. The van der Waals surface area contributed by atoms with Crippen LogP contribution in [0.5, 0.6) is 5.75 Å². The van der Waals surface area contributed by atoms with Crippen LogP contribution in [0.15, 0.2) is 50.3 Å². The number of aliphatic imine (C=N–C) groups is 1. The Balaban J connectivity index is 1.92. The quantitative estimate of drug-likeness (QED) is 0.435. The number of carbonyl (C=O) groups excluding carboxylic acids is 1. The fourth-order valence-electron chi connectivity index (χ4n) is 1.79. The molecule has 1 atom stereocenters. The third-order valence-corrected chi connectivity index (χ3v) is 4.57. The van der Waals surface area contributed by atoms with Crippen molar-refractivity contribution in [2.75, 3.05) is 0 Å². The van der Waals surface area contributed by atoms with Gasteiger partial charge in [0.15, 0.2) is 0 Å². The lowest BCUT2D eigenvalue weighted by molar-refractivity contribution is -0.115. The van der Waals surface area contributed by atoms with Crippen molar-refractivity contribution in [2.24, 2.45) is 4.99 Å². The van der Waals surface area contributed by atoms with E-state index in [-0.39, 0.29) is 17.7 Å². The second kappa shape index (κ2) is 8.62. The minimum absolute atomic E-state index is 0.130. The molecule has 0 heterocycles. The number of phenols is 1. The minimum atomic E-state index is -0.381. The van der Waals surface area contributed by atoms with Gasteiger partial charge >= 0.3 is 0 Å².